The lowest BCUT2D eigenvalue weighted by molar-refractivity contribution is 0.0367. The molecule has 0 saturated heterocycles. The van der Waals surface area contributed by atoms with Crippen LogP contribution in [0.3, 0.4) is 0 Å². The summed E-state index contributed by atoms with van der Waals surface area (Å²) < 4.78 is 0. The first-order valence-electron chi connectivity index (χ1n) is 5.20. The summed E-state index contributed by atoms with van der Waals surface area (Å²) in [6, 6.07) is 3.68. The monoisotopic (exact) mass is 239 g/mol. The third-order valence-corrected chi connectivity index (χ3v) is 2.12. The summed E-state index contributed by atoms with van der Waals surface area (Å²) in [5.41, 5.74) is -0.822. The van der Waals surface area contributed by atoms with Crippen LogP contribution in [0.4, 0.5) is 0 Å². The number of nitrogens with zero attached hydrogens (tertiary/aromatic N) is 1. The Morgan fingerprint density at radius 1 is 1.24 bits per heavy atom. The van der Waals surface area contributed by atoms with Crippen molar-refractivity contribution >= 4 is 5.91 Å². The maximum atomic E-state index is 11.9. The minimum absolute atomic E-state index is 0.155. The van der Waals surface area contributed by atoms with Crippen molar-refractivity contribution in [1.82, 2.24) is 4.90 Å². The molecule has 3 N–H and O–H groups in total. The number of carbonyl (C=O) groups excluding carboxylic acids is 1. The van der Waals surface area contributed by atoms with Crippen LogP contribution >= 0.6 is 0 Å². The number of aliphatic hydroxyl groups is 1. The Balaban J connectivity index is 2.89. The zero-order valence-electron chi connectivity index (χ0n) is 10.1. The van der Waals surface area contributed by atoms with E-state index in [9.17, 15) is 20.1 Å². The molecule has 0 bridgehead atoms. The molecule has 0 atom stereocenters. The van der Waals surface area contributed by atoms with Gasteiger partial charge >= 0.3 is 0 Å². The molecule has 0 saturated carbocycles. The van der Waals surface area contributed by atoms with Gasteiger partial charge in [-0.2, -0.15) is 0 Å². The quantitative estimate of drug-likeness (QED) is 0.733. The van der Waals surface area contributed by atoms with E-state index in [-0.39, 0.29) is 29.5 Å². The molecule has 0 aromatic heterocycles. The number of phenolic OH excluding ortho intramolecular Hbond substituents is 2. The Hall–Kier alpha value is -1.75. The molecule has 0 aliphatic rings. The highest BCUT2D eigenvalue weighted by atomic mass is 16.3. The molecule has 17 heavy (non-hydrogen) atoms. The van der Waals surface area contributed by atoms with Gasteiger partial charge in [-0.3, -0.25) is 4.79 Å². The second-order valence-electron chi connectivity index (χ2n) is 4.71. The lowest BCUT2D eigenvalue weighted by atomic mass is 10.1. The fourth-order valence-corrected chi connectivity index (χ4v) is 1.59. The Morgan fingerprint density at radius 3 is 2.12 bits per heavy atom. The van der Waals surface area contributed by atoms with Gasteiger partial charge in [0, 0.05) is 25.2 Å². The molecule has 1 amide bonds. The molecule has 0 unspecified atom stereocenters. The maximum absolute atomic E-state index is 11.9. The second kappa shape index (κ2) is 4.63. The summed E-state index contributed by atoms with van der Waals surface area (Å²) in [6.07, 6.45) is 0. The van der Waals surface area contributed by atoms with E-state index in [4.69, 9.17) is 0 Å². The number of phenols is 2. The summed E-state index contributed by atoms with van der Waals surface area (Å²) >= 11 is 0. The van der Waals surface area contributed by atoms with E-state index in [1.165, 1.54) is 17.0 Å². The standard InChI is InChI=1S/C12H17NO4/c1-12(2,17)7-13(3)11(16)8-4-9(14)6-10(15)5-8/h4-6,14-15,17H,7H2,1-3H3. The van der Waals surface area contributed by atoms with Gasteiger partial charge in [-0.05, 0) is 26.0 Å². The predicted molar refractivity (Wildman–Crippen MR) is 63.0 cm³/mol. The lowest BCUT2D eigenvalue weighted by Gasteiger charge is -2.25. The number of likely N-dealkylation sites (N-methyl/N-ethyl adjacent to an activating group) is 1. The van der Waals surface area contributed by atoms with Crippen LogP contribution in [-0.4, -0.2) is 45.3 Å². The first-order chi connectivity index (χ1) is 7.69. The second-order valence-corrected chi connectivity index (χ2v) is 4.71. The van der Waals surface area contributed by atoms with E-state index < -0.39 is 5.60 Å². The molecule has 0 aliphatic heterocycles. The van der Waals surface area contributed by atoms with Crippen LogP contribution in [-0.2, 0) is 0 Å². The molecule has 5 heteroatoms. The van der Waals surface area contributed by atoms with Gasteiger partial charge in [0.2, 0.25) is 0 Å². The van der Waals surface area contributed by atoms with Gasteiger partial charge in [-0.25, -0.2) is 0 Å². The van der Waals surface area contributed by atoms with E-state index in [0.29, 0.717) is 0 Å². The number of carbonyl (C=O) groups is 1. The van der Waals surface area contributed by atoms with Crippen LogP contribution in [0.1, 0.15) is 24.2 Å². The fraction of sp³-hybridized carbons (Fsp3) is 0.417. The van der Waals surface area contributed by atoms with Crippen molar-refractivity contribution in [2.45, 2.75) is 19.4 Å². The zero-order chi connectivity index (χ0) is 13.2. The van der Waals surface area contributed by atoms with Crippen LogP contribution in [0.2, 0.25) is 0 Å². The summed E-state index contributed by atoms with van der Waals surface area (Å²) in [5.74, 6) is -0.728. The fourth-order valence-electron chi connectivity index (χ4n) is 1.59. The van der Waals surface area contributed by atoms with Gasteiger partial charge in [0.1, 0.15) is 11.5 Å². The minimum atomic E-state index is -0.997. The van der Waals surface area contributed by atoms with E-state index >= 15 is 0 Å². The van der Waals surface area contributed by atoms with Gasteiger partial charge in [0.15, 0.2) is 0 Å². The number of rotatable bonds is 3. The Bertz CT molecular complexity index is 403. The molecule has 0 aliphatic carbocycles. The topological polar surface area (TPSA) is 81.0 Å². The number of aromatic hydroxyl groups is 2. The third-order valence-electron chi connectivity index (χ3n) is 2.12. The van der Waals surface area contributed by atoms with Gasteiger partial charge in [-0.15, -0.1) is 0 Å². The van der Waals surface area contributed by atoms with E-state index in [1.54, 1.807) is 20.9 Å². The van der Waals surface area contributed by atoms with E-state index in [0.717, 1.165) is 6.07 Å². The normalized spacial score (nSPS) is 11.3. The molecular weight excluding hydrogens is 222 g/mol. The lowest BCUT2D eigenvalue weighted by Crippen LogP contribution is -2.39. The molecule has 0 spiro atoms. The average Bonchev–Trinajstić information content (AvgIpc) is 2.12. The highest BCUT2D eigenvalue weighted by Crippen LogP contribution is 2.21. The zero-order valence-corrected chi connectivity index (χ0v) is 10.1. The molecule has 1 rings (SSSR count). The number of hydrogen-bond acceptors (Lipinski definition) is 4. The van der Waals surface area contributed by atoms with Crippen molar-refractivity contribution in [3.8, 4) is 11.5 Å². The van der Waals surface area contributed by atoms with E-state index in [2.05, 4.69) is 0 Å². The SMILES string of the molecule is CN(CC(C)(C)O)C(=O)c1cc(O)cc(O)c1. The Kier molecular flexibility index (Phi) is 3.63. The number of hydrogen-bond donors (Lipinski definition) is 3. The highest BCUT2D eigenvalue weighted by Gasteiger charge is 2.20. The van der Waals surface area contributed by atoms with Crippen LogP contribution in [0.5, 0.6) is 11.5 Å². The van der Waals surface area contributed by atoms with Crippen molar-refractivity contribution in [2.24, 2.45) is 0 Å². The molecule has 0 heterocycles. The molecule has 94 valence electrons. The molecule has 5 nitrogen and oxygen atoms in total. The maximum Gasteiger partial charge on any atom is 0.253 e. The van der Waals surface area contributed by atoms with Crippen molar-refractivity contribution in [2.75, 3.05) is 13.6 Å². The summed E-state index contributed by atoms with van der Waals surface area (Å²) in [4.78, 5) is 13.2. The molecule has 0 radical (unpaired) electrons. The summed E-state index contributed by atoms with van der Waals surface area (Å²) in [6.45, 7) is 3.34. The smallest absolute Gasteiger partial charge is 0.253 e. The molecule has 1 aromatic carbocycles. The minimum Gasteiger partial charge on any atom is -0.508 e. The molecular formula is C12H17NO4. The van der Waals surface area contributed by atoms with Gasteiger partial charge < -0.3 is 20.2 Å². The average molecular weight is 239 g/mol. The first-order valence-corrected chi connectivity index (χ1v) is 5.20. The largest absolute Gasteiger partial charge is 0.508 e. The van der Waals surface area contributed by atoms with Crippen LogP contribution in [0.25, 0.3) is 0 Å². The Morgan fingerprint density at radius 2 is 1.71 bits per heavy atom. The van der Waals surface area contributed by atoms with Gasteiger partial charge in [-0.1, -0.05) is 0 Å². The first kappa shape index (κ1) is 13.3. The number of benzene rings is 1. The van der Waals surface area contributed by atoms with Crippen LogP contribution < -0.4 is 0 Å². The molecule has 1 aromatic rings. The summed E-state index contributed by atoms with van der Waals surface area (Å²) in [5, 5.41) is 28.2. The van der Waals surface area contributed by atoms with Crippen molar-refractivity contribution in [3.05, 3.63) is 23.8 Å². The van der Waals surface area contributed by atoms with Crippen molar-refractivity contribution in [3.63, 3.8) is 0 Å². The highest BCUT2D eigenvalue weighted by molar-refractivity contribution is 5.94. The predicted octanol–water partition coefficient (Wildman–Crippen LogP) is 0.941. The van der Waals surface area contributed by atoms with E-state index in [1.807, 2.05) is 0 Å². The Labute approximate surface area is 99.9 Å². The van der Waals surface area contributed by atoms with Gasteiger partial charge in [0.25, 0.3) is 5.91 Å². The van der Waals surface area contributed by atoms with Crippen LogP contribution in [0, 0.1) is 0 Å². The van der Waals surface area contributed by atoms with Crippen molar-refractivity contribution in [1.29, 1.82) is 0 Å². The number of amides is 1. The molecule has 0 fully saturated rings. The van der Waals surface area contributed by atoms with Gasteiger partial charge in [0.05, 0.1) is 5.60 Å². The summed E-state index contributed by atoms with van der Waals surface area (Å²) in [7, 11) is 1.54. The van der Waals surface area contributed by atoms with Crippen molar-refractivity contribution < 1.29 is 20.1 Å². The van der Waals surface area contributed by atoms with Crippen LogP contribution in [0.15, 0.2) is 18.2 Å². The third kappa shape index (κ3) is 3.96.